The van der Waals surface area contributed by atoms with Gasteiger partial charge in [-0.05, 0) is 12.1 Å². The van der Waals surface area contributed by atoms with E-state index in [1.807, 2.05) is 0 Å². The summed E-state index contributed by atoms with van der Waals surface area (Å²) in [5.74, 6) is -0.110. The van der Waals surface area contributed by atoms with Gasteiger partial charge in [0.25, 0.3) is 0 Å². The Balaban J connectivity index is 3.25. The van der Waals surface area contributed by atoms with E-state index in [0.717, 1.165) is 4.09 Å². The van der Waals surface area contributed by atoms with E-state index in [-0.39, 0.29) is 16.7 Å². The van der Waals surface area contributed by atoms with Crippen LogP contribution < -0.4 is 15.7 Å². The third-order valence-electron chi connectivity index (χ3n) is 2.63. The molecule has 0 aliphatic carbocycles. The molecule has 0 N–H and O–H groups in total. The molecule has 1 aromatic carbocycles. The number of benzene rings is 1. The monoisotopic (exact) mass is 263 g/mol. The van der Waals surface area contributed by atoms with Gasteiger partial charge in [0.2, 0.25) is 0 Å². The minimum Gasteiger partial charge on any atom is -0.491 e. The molecule has 5 heteroatoms. The third kappa shape index (κ3) is 1.71. The molecule has 0 saturated heterocycles. The van der Waals surface area contributed by atoms with Gasteiger partial charge in [-0.15, -0.1) is 0 Å². The Labute approximate surface area is 108 Å². The SMILES string of the molecule is C=Cc1c(OC)c(=O)n(Cl)c2ccccc2c1=O. The lowest BCUT2D eigenvalue weighted by Crippen LogP contribution is -2.13. The Kier molecular flexibility index (Phi) is 3.21. The summed E-state index contributed by atoms with van der Waals surface area (Å²) < 4.78 is 5.85. The van der Waals surface area contributed by atoms with Crippen LogP contribution in [-0.4, -0.2) is 11.2 Å². The summed E-state index contributed by atoms with van der Waals surface area (Å²) >= 11 is 5.95. The van der Waals surface area contributed by atoms with Gasteiger partial charge in [0.1, 0.15) is 0 Å². The third-order valence-corrected chi connectivity index (χ3v) is 2.97. The molecule has 1 aromatic heterocycles. The molecule has 0 aliphatic rings. The zero-order valence-electron chi connectivity index (χ0n) is 9.64. The van der Waals surface area contributed by atoms with Gasteiger partial charge in [-0.2, -0.15) is 0 Å². The van der Waals surface area contributed by atoms with Crippen molar-refractivity contribution in [3.05, 3.63) is 57.0 Å². The first kappa shape index (κ1) is 12.4. The van der Waals surface area contributed by atoms with Crippen LogP contribution in [0.3, 0.4) is 0 Å². The van der Waals surface area contributed by atoms with Gasteiger partial charge < -0.3 is 4.74 Å². The molecule has 0 atom stereocenters. The van der Waals surface area contributed by atoms with E-state index in [4.69, 9.17) is 16.5 Å². The molecule has 0 radical (unpaired) electrons. The maximum absolute atomic E-state index is 12.3. The molecule has 0 aliphatic heterocycles. The molecule has 1 heterocycles. The van der Waals surface area contributed by atoms with Gasteiger partial charge in [-0.3, -0.25) is 9.59 Å². The highest BCUT2D eigenvalue weighted by atomic mass is 35.5. The summed E-state index contributed by atoms with van der Waals surface area (Å²) in [6.07, 6.45) is 1.30. The number of rotatable bonds is 2. The van der Waals surface area contributed by atoms with Crippen LogP contribution in [0, 0.1) is 0 Å². The van der Waals surface area contributed by atoms with Crippen LogP contribution in [0.4, 0.5) is 0 Å². The molecule has 0 unspecified atom stereocenters. The molecule has 0 spiro atoms. The average Bonchev–Trinajstić information content (AvgIpc) is 2.48. The molecule has 0 bridgehead atoms. The van der Waals surface area contributed by atoms with Crippen LogP contribution in [-0.2, 0) is 0 Å². The van der Waals surface area contributed by atoms with Crippen LogP contribution >= 0.6 is 11.8 Å². The Morgan fingerprint density at radius 3 is 2.61 bits per heavy atom. The van der Waals surface area contributed by atoms with Gasteiger partial charge in [0, 0.05) is 17.2 Å². The highest BCUT2D eigenvalue weighted by molar-refractivity contribution is 6.18. The van der Waals surface area contributed by atoms with E-state index in [1.165, 1.54) is 13.2 Å². The Morgan fingerprint density at radius 2 is 2.00 bits per heavy atom. The van der Waals surface area contributed by atoms with E-state index < -0.39 is 5.56 Å². The Hall–Kier alpha value is -2.07. The fourth-order valence-electron chi connectivity index (χ4n) is 1.78. The fraction of sp³-hybridized carbons (Fsp3) is 0.0769. The molecule has 0 saturated carbocycles. The van der Waals surface area contributed by atoms with E-state index in [9.17, 15) is 9.59 Å². The minimum absolute atomic E-state index is 0.109. The lowest BCUT2D eigenvalue weighted by molar-refractivity contribution is 0.407. The second-order valence-corrected chi connectivity index (χ2v) is 3.92. The van der Waals surface area contributed by atoms with E-state index in [0.29, 0.717) is 10.9 Å². The van der Waals surface area contributed by atoms with Crippen molar-refractivity contribution < 1.29 is 4.74 Å². The molecule has 92 valence electrons. The molecule has 18 heavy (non-hydrogen) atoms. The van der Waals surface area contributed by atoms with Crippen molar-refractivity contribution in [1.82, 2.24) is 4.09 Å². The molecule has 2 aromatic rings. The summed E-state index contributed by atoms with van der Waals surface area (Å²) in [5, 5.41) is 0.336. The summed E-state index contributed by atoms with van der Waals surface area (Å²) in [5.41, 5.74) is -0.486. The maximum atomic E-state index is 12.3. The van der Waals surface area contributed by atoms with E-state index in [2.05, 4.69) is 6.58 Å². The predicted octanol–water partition coefficient (Wildman–Crippen LogP) is 2.02. The number of fused-ring (bicyclic) bond motifs is 1. The van der Waals surface area contributed by atoms with Crippen LogP contribution in [0.2, 0.25) is 0 Å². The number of aromatic nitrogens is 1. The number of halogens is 1. The number of methoxy groups -OCH3 is 1. The van der Waals surface area contributed by atoms with Crippen molar-refractivity contribution in [3.8, 4) is 5.75 Å². The van der Waals surface area contributed by atoms with Gasteiger partial charge in [0.15, 0.2) is 11.2 Å². The van der Waals surface area contributed by atoms with Crippen molar-refractivity contribution in [2.24, 2.45) is 0 Å². The van der Waals surface area contributed by atoms with Crippen LogP contribution in [0.25, 0.3) is 17.0 Å². The number of hydrogen-bond acceptors (Lipinski definition) is 3. The van der Waals surface area contributed by atoms with Gasteiger partial charge in [-0.1, -0.05) is 24.8 Å². The summed E-state index contributed by atoms with van der Waals surface area (Å²) in [4.78, 5) is 24.3. The molecule has 4 nitrogen and oxygen atoms in total. The zero-order chi connectivity index (χ0) is 13.3. The van der Waals surface area contributed by atoms with E-state index >= 15 is 0 Å². The van der Waals surface area contributed by atoms with Gasteiger partial charge in [-0.25, -0.2) is 4.09 Å². The number of ether oxygens (including phenoxy) is 1. The highest BCUT2D eigenvalue weighted by Gasteiger charge is 2.14. The van der Waals surface area contributed by atoms with E-state index in [1.54, 1.807) is 24.3 Å². The number of para-hydroxylation sites is 1. The van der Waals surface area contributed by atoms with Crippen LogP contribution in [0.15, 0.2) is 40.4 Å². The Morgan fingerprint density at radius 1 is 1.33 bits per heavy atom. The molecule has 0 amide bonds. The summed E-state index contributed by atoms with van der Waals surface area (Å²) in [6.45, 7) is 3.53. The average molecular weight is 264 g/mol. The van der Waals surface area contributed by atoms with Crippen molar-refractivity contribution in [2.75, 3.05) is 7.11 Å². The standard InChI is InChI=1S/C13H10ClNO3/c1-3-8-11(16)9-6-4-5-7-10(9)15(14)13(17)12(8)18-2/h3-7H,1H2,2H3. The quantitative estimate of drug-likeness (QED) is 0.833. The van der Waals surface area contributed by atoms with Crippen molar-refractivity contribution in [3.63, 3.8) is 0 Å². The normalized spacial score (nSPS) is 10.3. The molecular formula is C13H10ClNO3. The topological polar surface area (TPSA) is 48.3 Å². The minimum atomic E-state index is -0.590. The summed E-state index contributed by atoms with van der Waals surface area (Å²) in [7, 11) is 1.31. The molecule has 2 rings (SSSR count). The number of hydrogen-bond donors (Lipinski definition) is 0. The van der Waals surface area contributed by atoms with Crippen LogP contribution in [0.5, 0.6) is 5.75 Å². The highest BCUT2D eigenvalue weighted by Crippen LogP contribution is 2.15. The lowest BCUT2D eigenvalue weighted by atomic mass is 10.2. The molecule has 0 fully saturated rings. The predicted molar refractivity (Wildman–Crippen MR) is 72.4 cm³/mol. The summed E-state index contributed by atoms with van der Waals surface area (Å²) in [6, 6.07) is 6.59. The Bertz CT molecular complexity index is 749. The fourth-order valence-corrected chi connectivity index (χ4v) is 2.01. The molecular weight excluding hydrogens is 254 g/mol. The largest absolute Gasteiger partial charge is 0.491 e. The first-order chi connectivity index (χ1) is 8.61. The van der Waals surface area contributed by atoms with Gasteiger partial charge in [0.05, 0.1) is 18.2 Å². The van der Waals surface area contributed by atoms with Crippen molar-refractivity contribution >= 4 is 28.8 Å². The lowest BCUT2D eigenvalue weighted by Gasteiger charge is -1.97. The van der Waals surface area contributed by atoms with Crippen molar-refractivity contribution in [2.45, 2.75) is 0 Å². The second kappa shape index (κ2) is 4.66. The number of nitrogens with zero attached hydrogens (tertiary/aromatic N) is 1. The second-order valence-electron chi connectivity index (χ2n) is 3.58. The van der Waals surface area contributed by atoms with Gasteiger partial charge >= 0.3 is 5.56 Å². The van der Waals surface area contributed by atoms with Crippen LogP contribution in [0.1, 0.15) is 5.56 Å². The smallest absolute Gasteiger partial charge is 0.308 e. The maximum Gasteiger partial charge on any atom is 0.308 e. The first-order valence-electron chi connectivity index (χ1n) is 5.16. The van der Waals surface area contributed by atoms with Crippen molar-refractivity contribution in [1.29, 1.82) is 0 Å². The first-order valence-corrected chi connectivity index (χ1v) is 5.50. The zero-order valence-corrected chi connectivity index (χ0v) is 10.4.